The van der Waals surface area contributed by atoms with Gasteiger partial charge in [-0.3, -0.25) is 4.79 Å². The van der Waals surface area contributed by atoms with Gasteiger partial charge < -0.3 is 20.1 Å². The second kappa shape index (κ2) is 6.58. The molecule has 6 heteroatoms. The van der Waals surface area contributed by atoms with E-state index in [0.29, 0.717) is 0 Å². The number of likely N-dealkylation sites (tertiary alicyclic amines) is 1. The lowest BCUT2D eigenvalue weighted by Gasteiger charge is -2.49. The van der Waals surface area contributed by atoms with E-state index >= 15 is 0 Å². The van der Waals surface area contributed by atoms with Crippen LogP contribution in [0.3, 0.4) is 0 Å². The Morgan fingerprint density at radius 3 is 2.48 bits per heavy atom. The highest BCUT2D eigenvalue weighted by molar-refractivity contribution is 5.92. The molecule has 1 aromatic rings. The van der Waals surface area contributed by atoms with Crippen molar-refractivity contribution in [2.75, 3.05) is 6.61 Å². The Balaban J connectivity index is 2.04. The minimum absolute atomic E-state index is 0.169. The lowest BCUT2D eigenvalue weighted by molar-refractivity contribution is -0.157. The molecule has 1 aromatic carbocycles. The minimum atomic E-state index is -0.749. The first-order chi connectivity index (χ1) is 10.7. The van der Waals surface area contributed by atoms with Crippen molar-refractivity contribution >= 4 is 12.0 Å². The van der Waals surface area contributed by atoms with Crippen molar-refractivity contribution in [3.8, 4) is 0 Å². The fourth-order valence-corrected chi connectivity index (χ4v) is 2.72. The molecule has 0 aliphatic carbocycles. The number of hydrogen-bond acceptors (Lipinski definition) is 4. The molecule has 2 N–H and O–H groups in total. The summed E-state index contributed by atoms with van der Waals surface area (Å²) in [5.41, 5.74) is 0.345. The average molecular weight is 320 g/mol. The number of carbonyl (C=O) groups is 2. The van der Waals surface area contributed by atoms with Gasteiger partial charge in [-0.05, 0) is 33.3 Å². The molecule has 1 saturated heterocycles. The van der Waals surface area contributed by atoms with Crippen molar-refractivity contribution in [2.45, 2.75) is 51.4 Å². The number of aliphatic hydroxyl groups is 1. The second-order valence-corrected chi connectivity index (χ2v) is 6.71. The maximum atomic E-state index is 12.4. The van der Waals surface area contributed by atoms with Gasteiger partial charge in [0.05, 0.1) is 18.7 Å². The molecular weight excluding hydrogens is 296 g/mol. The third-order valence-electron chi connectivity index (χ3n) is 3.82. The lowest BCUT2D eigenvalue weighted by atomic mass is 9.91. The van der Waals surface area contributed by atoms with Crippen LogP contribution >= 0.6 is 0 Å². The lowest BCUT2D eigenvalue weighted by Crippen LogP contribution is -2.72. The van der Waals surface area contributed by atoms with Crippen molar-refractivity contribution < 1.29 is 19.4 Å². The predicted octanol–water partition coefficient (Wildman–Crippen LogP) is 1.84. The number of alkyl carbamates (subject to hydrolysis) is 1. The number of β-lactam (4-membered cyclic amide) rings is 1. The van der Waals surface area contributed by atoms with E-state index in [2.05, 4.69) is 5.32 Å². The van der Waals surface area contributed by atoms with Gasteiger partial charge in [0.25, 0.3) is 0 Å². The van der Waals surface area contributed by atoms with Crippen LogP contribution in [0.25, 0.3) is 0 Å². The number of nitrogens with one attached hydrogen (secondary N) is 1. The monoisotopic (exact) mass is 320 g/mol. The molecule has 0 radical (unpaired) electrons. The minimum Gasteiger partial charge on any atom is -0.444 e. The van der Waals surface area contributed by atoms with Gasteiger partial charge >= 0.3 is 6.09 Å². The van der Waals surface area contributed by atoms with E-state index in [1.54, 1.807) is 25.7 Å². The van der Waals surface area contributed by atoms with Crippen LogP contribution in [0.2, 0.25) is 0 Å². The first-order valence-electron chi connectivity index (χ1n) is 7.72. The Labute approximate surface area is 136 Å². The van der Waals surface area contributed by atoms with Crippen molar-refractivity contribution in [1.29, 1.82) is 0 Å². The fraction of sp³-hybridized carbons (Fsp3) is 0.529. The van der Waals surface area contributed by atoms with Crippen LogP contribution in [0.5, 0.6) is 0 Å². The van der Waals surface area contributed by atoms with Crippen LogP contribution in [-0.2, 0) is 9.53 Å². The maximum absolute atomic E-state index is 12.4. The Hall–Kier alpha value is -2.08. The van der Waals surface area contributed by atoms with Gasteiger partial charge in [0.1, 0.15) is 11.6 Å². The molecule has 1 heterocycles. The zero-order valence-electron chi connectivity index (χ0n) is 13.9. The molecule has 3 atom stereocenters. The van der Waals surface area contributed by atoms with E-state index in [-0.39, 0.29) is 18.6 Å². The molecule has 6 nitrogen and oxygen atoms in total. The Morgan fingerprint density at radius 2 is 1.96 bits per heavy atom. The summed E-state index contributed by atoms with van der Waals surface area (Å²) in [6.07, 6.45) is -0.652. The molecule has 0 unspecified atom stereocenters. The molecule has 0 saturated carbocycles. The molecule has 0 bridgehead atoms. The van der Waals surface area contributed by atoms with E-state index in [9.17, 15) is 14.7 Å². The van der Waals surface area contributed by atoms with E-state index in [0.717, 1.165) is 5.56 Å². The van der Waals surface area contributed by atoms with Gasteiger partial charge in [-0.15, -0.1) is 0 Å². The van der Waals surface area contributed by atoms with Gasteiger partial charge in [-0.25, -0.2) is 4.79 Å². The molecule has 126 valence electrons. The Kier molecular flexibility index (Phi) is 4.94. The van der Waals surface area contributed by atoms with E-state index in [1.807, 2.05) is 37.3 Å². The largest absolute Gasteiger partial charge is 0.444 e. The zero-order chi connectivity index (χ0) is 17.2. The van der Waals surface area contributed by atoms with E-state index < -0.39 is 23.8 Å². The molecule has 2 rings (SSSR count). The maximum Gasteiger partial charge on any atom is 0.408 e. The highest BCUT2D eigenvalue weighted by Gasteiger charge is 2.50. The smallest absolute Gasteiger partial charge is 0.408 e. The number of amides is 2. The topological polar surface area (TPSA) is 78.9 Å². The molecule has 1 fully saturated rings. The summed E-state index contributed by atoms with van der Waals surface area (Å²) in [5.74, 6) is -0.216. The molecule has 1 aliphatic heterocycles. The van der Waals surface area contributed by atoms with Gasteiger partial charge in [-0.2, -0.15) is 0 Å². The number of ether oxygens (including phenoxy) is 1. The first-order valence-corrected chi connectivity index (χ1v) is 7.72. The number of rotatable bonds is 4. The quantitative estimate of drug-likeness (QED) is 0.830. The van der Waals surface area contributed by atoms with Gasteiger partial charge in [0.15, 0.2) is 0 Å². The average Bonchev–Trinajstić information content (AvgIpc) is 2.48. The number of aliphatic hydroxyl groups excluding tert-OH is 1. The van der Waals surface area contributed by atoms with Gasteiger partial charge in [0.2, 0.25) is 5.91 Å². The number of nitrogens with zero attached hydrogens (tertiary/aromatic N) is 1. The normalized spacial score (nSPS) is 22.3. The zero-order valence-corrected chi connectivity index (χ0v) is 13.9. The predicted molar refractivity (Wildman–Crippen MR) is 85.7 cm³/mol. The highest BCUT2D eigenvalue weighted by atomic mass is 16.6. The molecule has 0 aromatic heterocycles. The third kappa shape index (κ3) is 3.82. The standard InChI is InChI=1S/C17H24N2O4/c1-11(12-8-6-5-7-9-12)19-13(10-20)14(15(19)21)18-16(22)23-17(2,3)4/h5-9,11,13-14,20H,10H2,1-4H3,(H,18,22)/t11-,13-,14-/m0/s1. The molecule has 2 amide bonds. The summed E-state index contributed by atoms with van der Waals surface area (Å²) in [6.45, 7) is 6.94. The molecule has 23 heavy (non-hydrogen) atoms. The number of hydrogen-bond donors (Lipinski definition) is 2. The van der Waals surface area contributed by atoms with Crippen LogP contribution in [0.4, 0.5) is 4.79 Å². The summed E-state index contributed by atoms with van der Waals surface area (Å²) >= 11 is 0. The van der Waals surface area contributed by atoms with Crippen LogP contribution in [0.1, 0.15) is 39.3 Å². The summed E-state index contributed by atoms with van der Waals surface area (Å²) in [4.78, 5) is 25.8. The SMILES string of the molecule is C[C@@H](c1ccccc1)N1C(=O)[C@@H](NC(=O)OC(C)(C)C)[C@@H]1CO. The highest BCUT2D eigenvalue weighted by Crippen LogP contribution is 2.31. The fourth-order valence-electron chi connectivity index (χ4n) is 2.72. The number of benzene rings is 1. The third-order valence-corrected chi connectivity index (χ3v) is 3.82. The molecular formula is C17H24N2O4. The summed E-state index contributed by atoms with van der Waals surface area (Å²) in [5, 5.41) is 12.1. The Morgan fingerprint density at radius 1 is 1.35 bits per heavy atom. The van der Waals surface area contributed by atoms with Gasteiger partial charge in [0, 0.05) is 0 Å². The van der Waals surface area contributed by atoms with Crippen LogP contribution in [0, 0.1) is 0 Å². The van der Waals surface area contributed by atoms with Crippen LogP contribution < -0.4 is 5.32 Å². The second-order valence-electron chi connectivity index (χ2n) is 6.71. The Bertz CT molecular complexity index is 568. The van der Waals surface area contributed by atoms with E-state index in [4.69, 9.17) is 4.74 Å². The summed E-state index contributed by atoms with van der Waals surface area (Å²) in [7, 11) is 0. The van der Waals surface area contributed by atoms with Crippen molar-refractivity contribution in [3.63, 3.8) is 0 Å². The van der Waals surface area contributed by atoms with E-state index in [1.165, 1.54) is 0 Å². The summed E-state index contributed by atoms with van der Waals surface area (Å²) in [6, 6.07) is 8.21. The van der Waals surface area contributed by atoms with Crippen LogP contribution in [-0.4, -0.2) is 46.3 Å². The molecule has 1 aliphatic rings. The molecule has 0 spiro atoms. The van der Waals surface area contributed by atoms with Gasteiger partial charge in [-0.1, -0.05) is 30.3 Å². The van der Waals surface area contributed by atoms with Crippen molar-refractivity contribution in [1.82, 2.24) is 10.2 Å². The number of carbonyl (C=O) groups excluding carboxylic acids is 2. The van der Waals surface area contributed by atoms with Crippen LogP contribution in [0.15, 0.2) is 30.3 Å². The summed E-state index contributed by atoms with van der Waals surface area (Å²) < 4.78 is 5.16. The van der Waals surface area contributed by atoms with Crippen molar-refractivity contribution in [2.24, 2.45) is 0 Å². The first kappa shape index (κ1) is 17.3. The van der Waals surface area contributed by atoms with Crippen molar-refractivity contribution in [3.05, 3.63) is 35.9 Å².